The minimum absolute atomic E-state index is 0.0957. The van der Waals surface area contributed by atoms with E-state index in [0.29, 0.717) is 17.2 Å². The number of carbonyl (C=O) groups excluding carboxylic acids is 1. The van der Waals surface area contributed by atoms with Crippen LogP contribution in [-0.2, 0) is 4.79 Å². The quantitative estimate of drug-likeness (QED) is 0.757. The fourth-order valence-electron chi connectivity index (χ4n) is 3.70. The van der Waals surface area contributed by atoms with E-state index in [-0.39, 0.29) is 30.5 Å². The fraction of sp³-hybridized carbons (Fsp3) is 0.412. The zero-order chi connectivity index (χ0) is 18.1. The number of hydrogen-bond acceptors (Lipinski definition) is 6. The molecule has 9 heteroatoms. The standard InChI is InChI=1S/C17H19F2N5OS/c18-12-2-1-10(7-13(12)19)16-11-8-24(5-3-14(11)22-23-16)9-15(25)21-17-20-4-6-26-17/h1-2,4,6-7,11,14,16,22-23H,3,5,8-9H2,(H,20,21,25). The second kappa shape index (κ2) is 7.36. The van der Waals surface area contributed by atoms with Crippen molar-refractivity contribution >= 4 is 22.4 Å². The number of rotatable bonds is 4. The first-order valence-corrected chi connectivity index (χ1v) is 9.36. The second-order valence-corrected chi connectivity index (χ2v) is 7.51. The van der Waals surface area contributed by atoms with Crippen molar-refractivity contribution in [3.8, 4) is 0 Å². The number of nitrogens with zero attached hydrogens (tertiary/aromatic N) is 2. The Morgan fingerprint density at radius 2 is 2.23 bits per heavy atom. The van der Waals surface area contributed by atoms with Crippen molar-refractivity contribution < 1.29 is 13.6 Å². The van der Waals surface area contributed by atoms with E-state index in [1.54, 1.807) is 12.3 Å². The predicted octanol–water partition coefficient (Wildman–Crippen LogP) is 1.90. The lowest BCUT2D eigenvalue weighted by Crippen LogP contribution is -2.47. The molecule has 3 N–H and O–H groups in total. The number of hydrazine groups is 1. The molecule has 2 aliphatic heterocycles. The maximum absolute atomic E-state index is 13.6. The average Bonchev–Trinajstić information content (AvgIpc) is 3.26. The Kier molecular flexibility index (Phi) is 4.94. The Morgan fingerprint density at radius 1 is 1.35 bits per heavy atom. The molecule has 1 aromatic carbocycles. The number of benzene rings is 1. The fourth-order valence-corrected chi connectivity index (χ4v) is 4.25. The maximum Gasteiger partial charge on any atom is 0.240 e. The van der Waals surface area contributed by atoms with Crippen LogP contribution in [0.3, 0.4) is 0 Å². The van der Waals surface area contributed by atoms with Gasteiger partial charge in [-0.2, -0.15) is 0 Å². The normalized spacial score (nSPS) is 25.8. The summed E-state index contributed by atoms with van der Waals surface area (Å²) < 4.78 is 26.8. The Bertz CT molecular complexity index is 787. The Balaban J connectivity index is 1.41. The van der Waals surface area contributed by atoms with E-state index in [2.05, 4.69) is 26.1 Å². The third-order valence-corrected chi connectivity index (χ3v) is 5.63. The summed E-state index contributed by atoms with van der Waals surface area (Å²) in [6, 6.07) is 4.12. The Morgan fingerprint density at radius 3 is 3.00 bits per heavy atom. The van der Waals surface area contributed by atoms with Crippen LogP contribution in [-0.4, -0.2) is 41.5 Å². The molecule has 0 aliphatic carbocycles. The highest BCUT2D eigenvalue weighted by Gasteiger charge is 2.40. The van der Waals surface area contributed by atoms with Gasteiger partial charge in [0.2, 0.25) is 5.91 Å². The summed E-state index contributed by atoms with van der Waals surface area (Å²) in [5, 5.41) is 5.19. The van der Waals surface area contributed by atoms with Crippen LogP contribution in [0.4, 0.5) is 13.9 Å². The molecule has 3 unspecified atom stereocenters. The van der Waals surface area contributed by atoms with Gasteiger partial charge in [0.1, 0.15) is 0 Å². The number of carbonyl (C=O) groups is 1. The molecule has 2 aromatic rings. The molecule has 2 aliphatic rings. The van der Waals surface area contributed by atoms with Crippen molar-refractivity contribution in [1.29, 1.82) is 0 Å². The van der Waals surface area contributed by atoms with E-state index in [1.165, 1.54) is 17.4 Å². The van der Waals surface area contributed by atoms with Gasteiger partial charge in [-0.25, -0.2) is 19.2 Å². The number of amides is 1. The van der Waals surface area contributed by atoms with Gasteiger partial charge in [-0.15, -0.1) is 11.3 Å². The monoisotopic (exact) mass is 379 g/mol. The summed E-state index contributed by atoms with van der Waals surface area (Å²) in [5.74, 6) is -1.62. The van der Waals surface area contributed by atoms with Gasteiger partial charge in [-0.3, -0.25) is 15.1 Å². The molecule has 2 saturated heterocycles. The third kappa shape index (κ3) is 3.61. The first kappa shape index (κ1) is 17.5. The molecule has 3 atom stereocenters. The van der Waals surface area contributed by atoms with Gasteiger partial charge in [0.25, 0.3) is 0 Å². The Hall–Kier alpha value is -1.94. The van der Waals surface area contributed by atoms with E-state index >= 15 is 0 Å². The first-order chi connectivity index (χ1) is 12.6. The highest BCUT2D eigenvalue weighted by Crippen LogP contribution is 2.34. The van der Waals surface area contributed by atoms with Gasteiger partial charge in [0.05, 0.1) is 12.6 Å². The SMILES string of the molecule is O=C(CN1CCC2NNC(c3ccc(F)c(F)c3)C2C1)Nc1nccs1. The molecule has 0 radical (unpaired) electrons. The minimum atomic E-state index is -0.847. The zero-order valence-electron chi connectivity index (χ0n) is 13.9. The smallest absolute Gasteiger partial charge is 0.240 e. The molecule has 1 aromatic heterocycles. The number of aromatic nitrogens is 1. The summed E-state index contributed by atoms with van der Waals surface area (Å²) >= 11 is 1.38. The third-order valence-electron chi connectivity index (χ3n) is 4.94. The number of nitrogens with one attached hydrogen (secondary N) is 3. The topological polar surface area (TPSA) is 69.3 Å². The summed E-state index contributed by atoms with van der Waals surface area (Å²) in [5.41, 5.74) is 7.15. The maximum atomic E-state index is 13.6. The van der Waals surface area contributed by atoms with Crippen LogP contribution < -0.4 is 16.2 Å². The number of hydrogen-bond donors (Lipinski definition) is 3. The molecule has 2 fully saturated rings. The van der Waals surface area contributed by atoms with Crippen LogP contribution >= 0.6 is 11.3 Å². The van der Waals surface area contributed by atoms with Crippen LogP contribution in [0.2, 0.25) is 0 Å². The number of fused-ring (bicyclic) bond motifs is 1. The van der Waals surface area contributed by atoms with Crippen molar-refractivity contribution in [2.75, 3.05) is 25.0 Å². The largest absolute Gasteiger partial charge is 0.301 e. The van der Waals surface area contributed by atoms with E-state index < -0.39 is 11.6 Å². The van der Waals surface area contributed by atoms with E-state index in [0.717, 1.165) is 19.0 Å². The highest BCUT2D eigenvalue weighted by molar-refractivity contribution is 7.13. The lowest BCUT2D eigenvalue weighted by atomic mass is 9.85. The van der Waals surface area contributed by atoms with Gasteiger partial charge >= 0.3 is 0 Å². The van der Waals surface area contributed by atoms with E-state index in [1.807, 2.05) is 5.38 Å². The molecule has 6 nitrogen and oxygen atoms in total. The molecule has 0 spiro atoms. The molecule has 138 valence electrons. The van der Waals surface area contributed by atoms with Crippen LogP contribution in [0.5, 0.6) is 0 Å². The summed E-state index contributed by atoms with van der Waals surface area (Å²) in [4.78, 5) is 18.3. The summed E-state index contributed by atoms with van der Waals surface area (Å²) in [6.07, 6.45) is 2.52. The number of anilines is 1. The Labute approximate surface area is 153 Å². The molecule has 0 bridgehead atoms. The van der Waals surface area contributed by atoms with Gasteiger partial charge in [0, 0.05) is 36.6 Å². The van der Waals surface area contributed by atoms with E-state index in [4.69, 9.17) is 0 Å². The second-order valence-electron chi connectivity index (χ2n) is 6.62. The van der Waals surface area contributed by atoms with Crippen molar-refractivity contribution in [2.24, 2.45) is 5.92 Å². The molecule has 26 heavy (non-hydrogen) atoms. The minimum Gasteiger partial charge on any atom is -0.301 e. The van der Waals surface area contributed by atoms with Crippen molar-refractivity contribution in [1.82, 2.24) is 20.7 Å². The van der Waals surface area contributed by atoms with Crippen LogP contribution in [0.15, 0.2) is 29.8 Å². The van der Waals surface area contributed by atoms with Gasteiger partial charge < -0.3 is 5.32 Å². The molecule has 1 amide bonds. The van der Waals surface area contributed by atoms with Gasteiger partial charge in [-0.1, -0.05) is 6.07 Å². The van der Waals surface area contributed by atoms with E-state index in [9.17, 15) is 13.6 Å². The molecule has 3 heterocycles. The molecular weight excluding hydrogens is 360 g/mol. The van der Waals surface area contributed by atoms with Crippen LogP contribution in [0, 0.1) is 17.6 Å². The number of likely N-dealkylation sites (tertiary alicyclic amines) is 1. The van der Waals surface area contributed by atoms with Crippen molar-refractivity contribution in [3.63, 3.8) is 0 Å². The molecular formula is C17H19F2N5OS. The number of halogens is 2. The summed E-state index contributed by atoms with van der Waals surface area (Å²) in [6.45, 7) is 1.78. The molecule has 0 saturated carbocycles. The van der Waals surface area contributed by atoms with Crippen molar-refractivity contribution in [3.05, 3.63) is 47.0 Å². The van der Waals surface area contributed by atoms with Crippen molar-refractivity contribution in [2.45, 2.75) is 18.5 Å². The number of thiazole rings is 1. The van der Waals surface area contributed by atoms with Crippen LogP contribution in [0.25, 0.3) is 0 Å². The number of piperidine rings is 1. The molecule has 4 rings (SSSR count). The van der Waals surface area contributed by atoms with Gasteiger partial charge in [-0.05, 0) is 24.1 Å². The zero-order valence-corrected chi connectivity index (χ0v) is 14.7. The highest BCUT2D eigenvalue weighted by atomic mass is 32.1. The predicted molar refractivity (Wildman–Crippen MR) is 94.4 cm³/mol. The summed E-state index contributed by atoms with van der Waals surface area (Å²) in [7, 11) is 0. The lowest BCUT2D eigenvalue weighted by Gasteiger charge is -2.35. The van der Waals surface area contributed by atoms with Crippen LogP contribution in [0.1, 0.15) is 18.0 Å². The first-order valence-electron chi connectivity index (χ1n) is 8.48. The lowest BCUT2D eigenvalue weighted by molar-refractivity contribution is -0.117. The van der Waals surface area contributed by atoms with Gasteiger partial charge in [0.15, 0.2) is 16.8 Å². The average molecular weight is 379 g/mol.